The second kappa shape index (κ2) is 4.09. The molecule has 0 bridgehead atoms. The molecule has 0 N–H and O–H groups in total. The van der Waals surface area contributed by atoms with Gasteiger partial charge in [-0.3, -0.25) is 0 Å². The Morgan fingerprint density at radius 3 is 2.50 bits per heavy atom. The summed E-state index contributed by atoms with van der Waals surface area (Å²) in [5, 5.41) is 6.95. The van der Waals surface area contributed by atoms with Crippen LogP contribution in [0.2, 0.25) is 0 Å². The molecule has 0 aromatic carbocycles. The number of aliphatic imine (C=N–C) groups is 1. The number of fused-ring (bicyclic) bond motifs is 1. The highest BCUT2D eigenvalue weighted by molar-refractivity contribution is 6.70. The monoisotopic (exact) mass is 261 g/mol. The van der Waals surface area contributed by atoms with Gasteiger partial charge in [0.05, 0.1) is 5.70 Å². The van der Waals surface area contributed by atoms with Crippen molar-refractivity contribution >= 4 is 22.6 Å². The zero-order valence-electron chi connectivity index (χ0n) is 10.9. The SMILES string of the molecule is CC1=CC(=C2CCC2)N2N=C(Cl)C(C)=C(C)C2=N1. The average molecular weight is 262 g/mol. The first kappa shape index (κ1) is 11.7. The second-order valence-electron chi connectivity index (χ2n) is 5.02. The molecule has 0 spiro atoms. The Balaban J connectivity index is 2.15. The van der Waals surface area contributed by atoms with E-state index in [0.717, 1.165) is 35.5 Å². The normalized spacial score (nSPS) is 23.3. The molecule has 4 heteroatoms. The van der Waals surface area contributed by atoms with Crippen LogP contribution >= 0.6 is 11.6 Å². The molecule has 3 aliphatic rings. The first-order chi connectivity index (χ1) is 8.58. The molecule has 2 aliphatic heterocycles. The molecule has 3 nitrogen and oxygen atoms in total. The van der Waals surface area contributed by atoms with E-state index in [0.29, 0.717) is 5.17 Å². The van der Waals surface area contributed by atoms with E-state index in [1.807, 2.05) is 18.9 Å². The van der Waals surface area contributed by atoms with Crippen LogP contribution in [0.5, 0.6) is 0 Å². The molecule has 1 saturated carbocycles. The van der Waals surface area contributed by atoms with Gasteiger partial charge in [-0.15, -0.1) is 0 Å². The molecular formula is C14H16ClN3. The molecule has 0 atom stereocenters. The van der Waals surface area contributed by atoms with Gasteiger partial charge in [0.25, 0.3) is 0 Å². The molecule has 0 aromatic rings. The highest BCUT2D eigenvalue weighted by Crippen LogP contribution is 2.36. The standard InChI is InChI=1S/C14H16ClN3/c1-8-7-12(11-5-4-6-11)18-14(16-8)10(3)9(2)13(15)17-18/h7H,4-6H2,1-3H3. The van der Waals surface area contributed by atoms with Crippen LogP contribution in [0.1, 0.15) is 40.0 Å². The number of hydrogen-bond donors (Lipinski definition) is 0. The van der Waals surface area contributed by atoms with Crippen molar-refractivity contribution in [3.05, 3.63) is 34.2 Å². The largest absolute Gasteiger partial charge is 0.234 e. The Hall–Kier alpha value is -1.35. The third-order valence-corrected chi connectivity index (χ3v) is 4.13. The molecule has 94 valence electrons. The van der Waals surface area contributed by atoms with Gasteiger partial charge in [0.2, 0.25) is 0 Å². The predicted octanol–water partition coefficient (Wildman–Crippen LogP) is 3.94. The number of allylic oxidation sites excluding steroid dienone is 4. The molecule has 3 rings (SSSR count). The van der Waals surface area contributed by atoms with Crippen LogP contribution in [0.3, 0.4) is 0 Å². The van der Waals surface area contributed by atoms with E-state index in [9.17, 15) is 0 Å². The topological polar surface area (TPSA) is 28.0 Å². The molecule has 0 unspecified atom stereocenters. The summed E-state index contributed by atoms with van der Waals surface area (Å²) in [6.07, 6.45) is 5.71. The first-order valence-electron chi connectivity index (χ1n) is 6.29. The fourth-order valence-corrected chi connectivity index (χ4v) is 2.53. The molecule has 1 aliphatic carbocycles. The molecule has 0 saturated heterocycles. The highest BCUT2D eigenvalue weighted by Gasteiger charge is 2.29. The molecular weight excluding hydrogens is 246 g/mol. The summed E-state index contributed by atoms with van der Waals surface area (Å²) in [7, 11) is 0. The van der Waals surface area contributed by atoms with Gasteiger partial charge in [-0.25, -0.2) is 10.0 Å². The van der Waals surface area contributed by atoms with Gasteiger partial charge in [-0.1, -0.05) is 11.6 Å². The van der Waals surface area contributed by atoms with Crippen molar-refractivity contribution < 1.29 is 0 Å². The lowest BCUT2D eigenvalue weighted by molar-refractivity contribution is 0.517. The lowest BCUT2D eigenvalue weighted by atomic mass is 9.89. The van der Waals surface area contributed by atoms with Gasteiger partial charge in [0.15, 0.2) is 11.0 Å². The fourth-order valence-electron chi connectivity index (χ4n) is 2.31. The van der Waals surface area contributed by atoms with Crippen LogP contribution in [0.25, 0.3) is 0 Å². The van der Waals surface area contributed by atoms with Crippen LogP contribution in [-0.4, -0.2) is 16.0 Å². The fraction of sp³-hybridized carbons (Fsp3) is 0.429. The summed E-state index contributed by atoms with van der Waals surface area (Å²) in [5.41, 5.74) is 5.80. The van der Waals surface area contributed by atoms with Gasteiger partial charge in [-0.05, 0) is 62.8 Å². The number of hydrogen-bond acceptors (Lipinski definition) is 3. The Labute approximate surface area is 112 Å². The Morgan fingerprint density at radius 1 is 1.17 bits per heavy atom. The molecule has 0 aromatic heterocycles. The molecule has 1 fully saturated rings. The van der Waals surface area contributed by atoms with Crippen molar-refractivity contribution in [2.24, 2.45) is 10.1 Å². The van der Waals surface area contributed by atoms with E-state index in [1.54, 1.807) is 0 Å². The zero-order chi connectivity index (χ0) is 12.9. The van der Waals surface area contributed by atoms with Gasteiger partial charge < -0.3 is 0 Å². The lowest BCUT2D eigenvalue weighted by Gasteiger charge is -2.34. The van der Waals surface area contributed by atoms with Crippen LogP contribution in [-0.2, 0) is 0 Å². The summed E-state index contributed by atoms with van der Waals surface area (Å²) in [5.74, 6) is 0.923. The van der Waals surface area contributed by atoms with Gasteiger partial charge >= 0.3 is 0 Å². The van der Waals surface area contributed by atoms with E-state index in [2.05, 4.69) is 23.1 Å². The van der Waals surface area contributed by atoms with E-state index in [1.165, 1.54) is 17.7 Å². The summed E-state index contributed by atoms with van der Waals surface area (Å²) < 4.78 is 0. The summed E-state index contributed by atoms with van der Waals surface area (Å²) in [6.45, 7) is 6.08. The van der Waals surface area contributed by atoms with Crippen molar-refractivity contribution in [2.45, 2.75) is 40.0 Å². The minimum absolute atomic E-state index is 0.567. The van der Waals surface area contributed by atoms with E-state index >= 15 is 0 Å². The van der Waals surface area contributed by atoms with Crippen LogP contribution in [0.4, 0.5) is 0 Å². The van der Waals surface area contributed by atoms with Crippen LogP contribution < -0.4 is 0 Å². The highest BCUT2D eigenvalue weighted by atomic mass is 35.5. The van der Waals surface area contributed by atoms with Gasteiger partial charge in [-0.2, -0.15) is 5.10 Å². The smallest absolute Gasteiger partial charge is 0.157 e. The maximum Gasteiger partial charge on any atom is 0.157 e. The van der Waals surface area contributed by atoms with Crippen LogP contribution in [0.15, 0.2) is 44.3 Å². The number of hydrazone groups is 1. The molecule has 0 amide bonds. The van der Waals surface area contributed by atoms with Gasteiger partial charge in [0.1, 0.15) is 0 Å². The molecule has 0 radical (unpaired) electrons. The van der Waals surface area contributed by atoms with Crippen molar-refractivity contribution in [2.75, 3.05) is 0 Å². The zero-order valence-corrected chi connectivity index (χ0v) is 11.7. The second-order valence-corrected chi connectivity index (χ2v) is 5.37. The van der Waals surface area contributed by atoms with E-state index in [-0.39, 0.29) is 0 Å². The predicted molar refractivity (Wildman–Crippen MR) is 75.6 cm³/mol. The Morgan fingerprint density at radius 2 is 1.89 bits per heavy atom. The van der Waals surface area contributed by atoms with Crippen LogP contribution in [0, 0.1) is 0 Å². The van der Waals surface area contributed by atoms with E-state index in [4.69, 9.17) is 11.6 Å². The lowest BCUT2D eigenvalue weighted by Crippen LogP contribution is -2.34. The van der Waals surface area contributed by atoms with Gasteiger partial charge in [0, 0.05) is 5.70 Å². The van der Waals surface area contributed by atoms with Crippen molar-refractivity contribution in [3.8, 4) is 0 Å². The minimum atomic E-state index is 0.567. The quantitative estimate of drug-likeness (QED) is 0.649. The average Bonchev–Trinajstić information content (AvgIpc) is 2.26. The summed E-state index contributed by atoms with van der Waals surface area (Å²) in [6, 6.07) is 0. The maximum atomic E-state index is 6.20. The molecule has 2 heterocycles. The van der Waals surface area contributed by atoms with Crippen molar-refractivity contribution in [3.63, 3.8) is 0 Å². The number of amidine groups is 1. The minimum Gasteiger partial charge on any atom is -0.234 e. The summed E-state index contributed by atoms with van der Waals surface area (Å²) >= 11 is 6.20. The Kier molecular flexibility index (Phi) is 2.67. The number of nitrogens with zero attached hydrogens (tertiary/aromatic N) is 3. The third-order valence-electron chi connectivity index (χ3n) is 3.77. The van der Waals surface area contributed by atoms with Crippen molar-refractivity contribution in [1.82, 2.24) is 5.01 Å². The first-order valence-corrected chi connectivity index (χ1v) is 6.67. The van der Waals surface area contributed by atoms with Crippen molar-refractivity contribution in [1.29, 1.82) is 0 Å². The van der Waals surface area contributed by atoms with E-state index < -0.39 is 0 Å². The molecule has 18 heavy (non-hydrogen) atoms. The number of rotatable bonds is 0. The summed E-state index contributed by atoms with van der Waals surface area (Å²) in [4.78, 5) is 4.61. The number of halogens is 1. The maximum absolute atomic E-state index is 6.20. The Bertz CT molecular complexity index is 570. The third kappa shape index (κ3) is 1.65.